The van der Waals surface area contributed by atoms with E-state index < -0.39 is 5.60 Å². The van der Waals surface area contributed by atoms with Crippen molar-refractivity contribution in [2.75, 3.05) is 26.2 Å². The third-order valence-corrected chi connectivity index (χ3v) is 9.86. The van der Waals surface area contributed by atoms with Gasteiger partial charge in [-0.05, 0) is 69.6 Å². The summed E-state index contributed by atoms with van der Waals surface area (Å²) in [5.74, 6) is 1.39. The molecule has 0 aliphatic carbocycles. The summed E-state index contributed by atoms with van der Waals surface area (Å²) >= 11 is 0. The smallest absolute Gasteiger partial charge is 0.140 e. The van der Waals surface area contributed by atoms with E-state index in [0.717, 1.165) is 51.1 Å². The van der Waals surface area contributed by atoms with E-state index in [2.05, 4.69) is 16.7 Å². The van der Waals surface area contributed by atoms with Crippen LogP contribution in [0.15, 0.2) is 0 Å². The summed E-state index contributed by atoms with van der Waals surface area (Å²) in [6, 6.07) is 0. The van der Waals surface area contributed by atoms with Crippen LogP contribution < -0.4 is 0 Å². The van der Waals surface area contributed by atoms with Crippen LogP contribution in [-0.2, 0) is 9.47 Å². The summed E-state index contributed by atoms with van der Waals surface area (Å²) in [5, 5.41) is 11.6. The summed E-state index contributed by atoms with van der Waals surface area (Å²) < 4.78 is 13.4. The van der Waals surface area contributed by atoms with Crippen molar-refractivity contribution in [3.63, 3.8) is 0 Å². The van der Waals surface area contributed by atoms with Gasteiger partial charge >= 0.3 is 0 Å². The van der Waals surface area contributed by atoms with Crippen molar-refractivity contribution in [1.29, 1.82) is 0 Å². The van der Waals surface area contributed by atoms with Gasteiger partial charge in [-0.3, -0.25) is 9.80 Å². The number of piperidine rings is 2. The number of fused-ring (bicyclic) bond motifs is 2. The lowest BCUT2D eigenvalue weighted by Gasteiger charge is -2.51. The molecule has 7 atom stereocenters. The second-order valence-electron chi connectivity index (χ2n) is 12.5. The molecule has 0 spiro atoms. The zero-order valence-electron chi connectivity index (χ0n) is 22.0. The second-order valence-corrected chi connectivity index (χ2v) is 12.5. The first-order valence-electron chi connectivity index (χ1n) is 15.1. The van der Waals surface area contributed by atoms with Gasteiger partial charge in [-0.2, -0.15) is 0 Å². The monoisotopic (exact) mass is 476 g/mol. The molecule has 5 heterocycles. The summed E-state index contributed by atoms with van der Waals surface area (Å²) in [7, 11) is 0. The molecule has 5 fully saturated rings. The van der Waals surface area contributed by atoms with Crippen molar-refractivity contribution < 1.29 is 14.6 Å². The predicted molar refractivity (Wildman–Crippen MR) is 137 cm³/mol. The van der Waals surface area contributed by atoms with Crippen LogP contribution in [0, 0.1) is 11.8 Å². The van der Waals surface area contributed by atoms with Crippen LogP contribution in [0.2, 0.25) is 0 Å². The van der Waals surface area contributed by atoms with E-state index in [-0.39, 0.29) is 6.23 Å². The molecule has 5 heteroatoms. The first-order chi connectivity index (χ1) is 16.6. The van der Waals surface area contributed by atoms with Crippen molar-refractivity contribution in [2.24, 2.45) is 11.8 Å². The van der Waals surface area contributed by atoms with E-state index in [1.54, 1.807) is 0 Å². The molecule has 5 saturated heterocycles. The molecule has 0 aromatic rings. The van der Waals surface area contributed by atoms with Gasteiger partial charge in [0, 0.05) is 26.2 Å². The molecule has 4 bridgehead atoms. The molecule has 5 aliphatic heterocycles. The largest absolute Gasteiger partial charge is 0.386 e. The topological polar surface area (TPSA) is 45.2 Å². The number of hydrogen-bond donors (Lipinski definition) is 1. The molecule has 1 N–H and O–H groups in total. The molecule has 5 nitrogen and oxygen atoms in total. The van der Waals surface area contributed by atoms with Gasteiger partial charge in [-0.15, -0.1) is 0 Å². The highest BCUT2D eigenvalue weighted by Gasteiger charge is 2.46. The van der Waals surface area contributed by atoms with Crippen LogP contribution in [0.3, 0.4) is 0 Å². The van der Waals surface area contributed by atoms with E-state index in [0.29, 0.717) is 24.4 Å². The van der Waals surface area contributed by atoms with E-state index >= 15 is 0 Å². The van der Waals surface area contributed by atoms with E-state index in [9.17, 15) is 5.11 Å². The maximum absolute atomic E-state index is 11.6. The lowest BCUT2D eigenvalue weighted by Crippen LogP contribution is -2.61. The summed E-state index contributed by atoms with van der Waals surface area (Å²) in [5.41, 5.74) is -0.641. The van der Waals surface area contributed by atoms with Gasteiger partial charge in [0.05, 0.1) is 12.2 Å². The van der Waals surface area contributed by atoms with Crippen molar-refractivity contribution in [3.05, 3.63) is 0 Å². The maximum Gasteiger partial charge on any atom is 0.140 e. The summed E-state index contributed by atoms with van der Waals surface area (Å²) in [6.45, 7) is 7.08. The molecule has 5 rings (SSSR count). The lowest BCUT2D eigenvalue weighted by molar-refractivity contribution is -0.245. The van der Waals surface area contributed by atoms with Gasteiger partial charge in [0.1, 0.15) is 18.1 Å². The van der Waals surface area contributed by atoms with Crippen LogP contribution in [0.1, 0.15) is 116 Å². The van der Waals surface area contributed by atoms with Crippen molar-refractivity contribution in [1.82, 2.24) is 9.80 Å². The van der Waals surface area contributed by atoms with E-state index in [1.807, 2.05) is 0 Å². The quantitative estimate of drug-likeness (QED) is 0.486. The van der Waals surface area contributed by atoms with Crippen molar-refractivity contribution in [2.45, 2.75) is 146 Å². The number of nitrogens with zero attached hydrogens (tertiary/aromatic N) is 2. The molecule has 0 aromatic heterocycles. The second kappa shape index (κ2) is 11.9. The third kappa shape index (κ3) is 6.02. The molecule has 0 aromatic carbocycles. The molecule has 0 radical (unpaired) electrons. The Kier molecular flexibility index (Phi) is 8.91. The minimum absolute atomic E-state index is 0.0618. The first-order valence-corrected chi connectivity index (χ1v) is 15.1. The fourth-order valence-corrected chi connectivity index (χ4v) is 7.85. The highest BCUT2D eigenvalue weighted by Crippen LogP contribution is 2.39. The SMILES string of the molecule is C[C@H]1CN2CCC[C@H]3CCCCCC[C@@H]4CCN5CCC[C@@](O)(CCCCCC[C@H]1O[C@H]32)[C@@H]5O4. The van der Waals surface area contributed by atoms with Crippen LogP contribution in [0.25, 0.3) is 0 Å². The average molecular weight is 477 g/mol. The Morgan fingerprint density at radius 3 is 2.26 bits per heavy atom. The van der Waals surface area contributed by atoms with Crippen LogP contribution in [0.4, 0.5) is 0 Å². The average Bonchev–Trinajstić information content (AvgIpc) is 2.83. The molecule has 0 amide bonds. The number of aliphatic hydroxyl groups is 1. The maximum atomic E-state index is 11.6. The molecular weight excluding hydrogens is 424 g/mol. The number of ether oxygens (including phenoxy) is 2. The normalized spacial score (nSPS) is 44.3. The van der Waals surface area contributed by atoms with E-state index in [4.69, 9.17) is 9.47 Å². The highest BCUT2D eigenvalue weighted by molar-refractivity contribution is 4.95. The number of rotatable bonds is 0. The Bertz CT molecular complexity index is 632. The third-order valence-electron chi connectivity index (χ3n) is 9.86. The first kappa shape index (κ1) is 25.4. The predicted octanol–water partition coefficient (Wildman–Crippen LogP) is 5.70. The van der Waals surface area contributed by atoms with Gasteiger partial charge in [-0.25, -0.2) is 0 Å². The Hall–Kier alpha value is -0.200. The standard InChI is InChI=1S/C29H52N2O3/c1-23-22-31-19-10-13-24-12-6-2-3-7-14-25-16-21-30-20-11-18-29(32,28(30)33-25)17-9-5-4-8-15-26(23)34-27(24)31/h23-28,32H,2-22H2,1H3/t23-,24+,25+,26+,27+,28-,29-/m0/s1. The highest BCUT2D eigenvalue weighted by atomic mass is 16.5. The Labute approximate surface area is 208 Å². The van der Waals surface area contributed by atoms with Gasteiger partial charge < -0.3 is 14.6 Å². The summed E-state index contributed by atoms with van der Waals surface area (Å²) in [4.78, 5) is 5.12. The Morgan fingerprint density at radius 2 is 1.38 bits per heavy atom. The Balaban J connectivity index is 1.20. The van der Waals surface area contributed by atoms with Gasteiger partial charge in [0.25, 0.3) is 0 Å². The van der Waals surface area contributed by atoms with Gasteiger partial charge in [0.15, 0.2) is 0 Å². The molecule has 0 unspecified atom stereocenters. The zero-order chi connectivity index (χ0) is 23.4. The molecule has 5 aliphatic rings. The Morgan fingerprint density at radius 1 is 0.676 bits per heavy atom. The minimum Gasteiger partial charge on any atom is -0.386 e. The zero-order valence-corrected chi connectivity index (χ0v) is 22.0. The van der Waals surface area contributed by atoms with Crippen molar-refractivity contribution >= 4 is 0 Å². The van der Waals surface area contributed by atoms with Crippen LogP contribution in [0.5, 0.6) is 0 Å². The lowest BCUT2D eigenvalue weighted by atomic mass is 9.84. The van der Waals surface area contributed by atoms with Gasteiger partial charge in [-0.1, -0.05) is 58.3 Å². The summed E-state index contributed by atoms with van der Waals surface area (Å²) in [6.07, 6.45) is 21.7. The molecular formula is C29H52N2O3. The number of hydrogen-bond acceptors (Lipinski definition) is 5. The molecule has 0 saturated carbocycles. The fraction of sp³-hybridized carbons (Fsp3) is 1.00. The molecule has 34 heavy (non-hydrogen) atoms. The van der Waals surface area contributed by atoms with E-state index in [1.165, 1.54) is 90.1 Å². The fourth-order valence-electron chi connectivity index (χ4n) is 7.85. The van der Waals surface area contributed by atoms with Crippen LogP contribution >= 0.6 is 0 Å². The van der Waals surface area contributed by atoms with Gasteiger partial charge in [0.2, 0.25) is 0 Å². The molecule has 196 valence electrons. The minimum atomic E-state index is -0.641. The van der Waals surface area contributed by atoms with Crippen molar-refractivity contribution in [3.8, 4) is 0 Å². The van der Waals surface area contributed by atoms with Crippen LogP contribution in [-0.4, -0.2) is 71.4 Å².